The normalized spacial score (nSPS) is 11.4. The Kier molecular flexibility index (Phi) is 4.79. The van der Waals surface area contributed by atoms with Gasteiger partial charge in [0.25, 0.3) is 10.4 Å². The van der Waals surface area contributed by atoms with Gasteiger partial charge in [-0.05, 0) is 18.2 Å². The summed E-state index contributed by atoms with van der Waals surface area (Å²) in [6, 6.07) is 6.12. The van der Waals surface area contributed by atoms with E-state index in [9.17, 15) is 28.0 Å². The molecule has 0 aliphatic heterocycles. The molecule has 28 heavy (non-hydrogen) atoms. The highest BCUT2D eigenvalue weighted by molar-refractivity contribution is 7.81. The van der Waals surface area contributed by atoms with E-state index < -0.39 is 38.5 Å². The van der Waals surface area contributed by atoms with E-state index in [4.69, 9.17) is 13.9 Å². The van der Waals surface area contributed by atoms with Crippen LogP contribution in [-0.2, 0) is 10.4 Å². The van der Waals surface area contributed by atoms with Crippen molar-refractivity contribution in [1.82, 2.24) is 0 Å². The van der Waals surface area contributed by atoms with Crippen LogP contribution in [-0.4, -0.2) is 37.4 Å². The largest absolute Gasteiger partial charge is 0.716 e. The summed E-state index contributed by atoms with van der Waals surface area (Å²) in [7, 11) is -2.74. The summed E-state index contributed by atoms with van der Waals surface area (Å²) in [5.41, 5.74) is -1.18. The molecule has 0 amide bonds. The van der Waals surface area contributed by atoms with E-state index in [1.165, 1.54) is 38.5 Å². The molecule has 0 radical (unpaired) electrons. The van der Waals surface area contributed by atoms with E-state index in [1.54, 1.807) is 0 Å². The molecule has 0 saturated carbocycles. The summed E-state index contributed by atoms with van der Waals surface area (Å²) in [6.45, 7) is 0. The van der Waals surface area contributed by atoms with Gasteiger partial charge in [0.15, 0.2) is 17.3 Å². The lowest BCUT2D eigenvalue weighted by Crippen LogP contribution is -2.16. The second-order valence-electron chi connectivity index (χ2n) is 5.49. The van der Waals surface area contributed by atoms with Crippen LogP contribution in [0.2, 0.25) is 0 Å². The number of aromatic hydroxyl groups is 2. The first-order chi connectivity index (χ1) is 13.1. The van der Waals surface area contributed by atoms with E-state index in [-0.39, 0.29) is 28.4 Å². The van der Waals surface area contributed by atoms with E-state index in [0.717, 1.165) is 6.07 Å². The van der Waals surface area contributed by atoms with E-state index in [2.05, 4.69) is 4.18 Å². The quantitative estimate of drug-likeness (QED) is 0.470. The van der Waals surface area contributed by atoms with Crippen LogP contribution in [0.4, 0.5) is 0 Å². The number of hydrogen-bond acceptors (Lipinski definition) is 10. The molecule has 2 N–H and O–H groups in total. The summed E-state index contributed by atoms with van der Waals surface area (Å²) >= 11 is 0. The maximum atomic E-state index is 12.8. The highest BCUT2D eigenvalue weighted by atomic mass is 32.3. The Morgan fingerprint density at radius 3 is 2.36 bits per heavy atom. The lowest BCUT2D eigenvalue weighted by atomic mass is 10.1. The zero-order chi connectivity index (χ0) is 20.6. The van der Waals surface area contributed by atoms with Gasteiger partial charge in [-0.1, -0.05) is 0 Å². The number of methoxy groups -OCH3 is 2. The SMILES string of the molecule is COc1cc(O)c2c(=O)c(OS(=O)(=O)[O-])c(-c3ccc(O)c(OC)c3)oc2c1. The predicted molar refractivity (Wildman–Crippen MR) is 94.7 cm³/mol. The summed E-state index contributed by atoms with van der Waals surface area (Å²) in [5.74, 6) is -2.02. The summed E-state index contributed by atoms with van der Waals surface area (Å²) in [4.78, 5) is 12.8. The molecule has 3 rings (SSSR count). The molecule has 0 aliphatic rings. The standard InChI is InChI=1S/C17H14O10S/c1-24-9-6-11(19)14-13(7-9)26-16(17(15(14)20)27-28(21,22)23)8-3-4-10(18)12(5-8)25-2/h3-7,18-19H,1-2H3,(H,21,22,23)/p-1. The fourth-order valence-electron chi connectivity index (χ4n) is 2.56. The topological polar surface area (TPSA) is 156 Å². The smallest absolute Gasteiger partial charge is 0.262 e. The fraction of sp³-hybridized carbons (Fsp3) is 0.118. The van der Waals surface area contributed by atoms with Gasteiger partial charge in [-0.15, -0.1) is 0 Å². The number of phenols is 2. The minimum Gasteiger partial charge on any atom is -0.716 e. The van der Waals surface area contributed by atoms with Crippen LogP contribution in [0.15, 0.2) is 39.5 Å². The third kappa shape index (κ3) is 3.52. The van der Waals surface area contributed by atoms with Crippen molar-refractivity contribution in [1.29, 1.82) is 0 Å². The number of hydrogen-bond donors (Lipinski definition) is 2. The van der Waals surface area contributed by atoms with Crippen molar-refractivity contribution in [3.05, 3.63) is 40.6 Å². The van der Waals surface area contributed by atoms with Crippen molar-refractivity contribution in [3.8, 4) is 40.1 Å². The summed E-state index contributed by atoms with van der Waals surface area (Å²) < 4.78 is 53.2. The van der Waals surface area contributed by atoms with Crippen LogP contribution in [0.1, 0.15) is 0 Å². The first kappa shape index (κ1) is 19.3. The van der Waals surface area contributed by atoms with E-state index in [0.29, 0.717) is 0 Å². The molecule has 0 bridgehead atoms. The van der Waals surface area contributed by atoms with Gasteiger partial charge in [0.1, 0.15) is 22.5 Å². The molecule has 1 aromatic heterocycles. The molecule has 2 aromatic carbocycles. The van der Waals surface area contributed by atoms with Crippen LogP contribution in [0, 0.1) is 0 Å². The van der Waals surface area contributed by atoms with Gasteiger partial charge in [-0.3, -0.25) is 4.79 Å². The monoisotopic (exact) mass is 409 g/mol. The van der Waals surface area contributed by atoms with Crippen molar-refractivity contribution in [3.63, 3.8) is 0 Å². The molecule has 0 spiro atoms. The molecule has 0 unspecified atom stereocenters. The van der Waals surface area contributed by atoms with Crippen LogP contribution >= 0.6 is 0 Å². The molecule has 148 valence electrons. The Balaban J connectivity index is 2.42. The van der Waals surface area contributed by atoms with Gasteiger partial charge in [0.05, 0.1) is 14.2 Å². The van der Waals surface area contributed by atoms with E-state index in [1.807, 2.05) is 0 Å². The van der Waals surface area contributed by atoms with Crippen LogP contribution in [0.5, 0.6) is 28.7 Å². The second kappa shape index (κ2) is 6.94. The average molecular weight is 409 g/mol. The van der Waals surface area contributed by atoms with Crippen molar-refractivity contribution < 1.29 is 41.3 Å². The zero-order valence-electron chi connectivity index (χ0n) is 14.5. The summed E-state index contributed by atoms with van der Waals surface area (Å²) in [5, 5.41) is 19.4. The Labute approximate surface area is 158 Å². The average Bonchev–Trinajstić information content (AvgIpc) is 2.62. The molecule has 0 aliphatic carbocycles. The number of fused-ring (bicyclic) bond motifs is 1. The Morgan fingerprint density at radius 1 is 1.04 bits per heavy atom. The van der Waals surface area contributed by atoms with Crippen molar-refractivity contribution in [2.24, 2.45) is 0 Å². The Bertz CT molecular complexity index is 1230. The van der Waals surface area contributed by atoms with Crippen LogP contribution in [0.25, 0.3) is 22.3 Å². The zero-order valence-corrected chi connectivity index (χ0v) is 15.3. The van der Waals surface area contributed by atoms with Gasteiger partial charge < -0.3 is 32.8 Å². The minimum atomic E-state index is -5.35. The molecule has 3 aromatic rings. The van der Waals surface area contributed by atoms with Gasteiger partial charge >= 0.3 is 0 Å². The van der Waals surface area contributed by atoms with Crippen molar-refractivity contribution >= 4 is 21.4 Å². The van der Waals surface area contributed by atoms with Gasteiger partial charge in [0.2, 0.25) is 11.2 Å². The number of ether oxygens (including phenoxy) is 2. The molecule has 0 fully saturated rings. The van der Waals surface area contributed by atoms with Crippen molar-refractivity contribution in [2.75, 3.05) is 14.2 Å². The molecular formula is C17H13O10S-. The van der Waals surface area contributed by atoms with Crippen molar-refractivity contribution in [2.45, 2.75) is 0 Å². The number of benzene rings is 2. The predicted octanol–water partition coefficient (Wildman–Crippen LogP) is 1.73. The van der Waals surface area contributed by atoms with E-state index >= 15 is 0 Å². The van der Waals surface area contributed by atoms with Gasteiger partial charge in [-0.2, -0.15) is 0 Å². The molecule has 1 heterocycles. The van der Waals surface area contributed by atoms with Gasteiger partial charge in [0, 0.05) is 17.7 Å². The third-order valence-corrected chi connectivity index (χ3v) is 4.14. The number of phenolic OH excluding ortho intramolecular Hbond substituents is 2. The fourth-order valence-corrected chi connectivity index (χ4v) is 2.92. The Morgan fingerprint density at radius 2 is 1.75 bits per heavy atom. The Hall–Kier alpha value is -3.44. The second-order valence-corrected chi connectivity index (χ2v) is 6.47. The van der Waals surface area contributed by atoms with Crippen LogP contribution < -0.4 is 19.1 Å². The third-order valence-electron chi connectivity index (χ3n) is 3.77. The molecule has 11 heteroatoms. The number of rotatable bonds is 5. The maximum Gasteiger partial charge on any atom is 0.262 e. The minimum absolute atomic E-state index is 0.00957. The first-order valence-electron chi connectivity index (χ1n) is 7.55. The lowest BCUT2D eigenvalue weighted by Gasteiger charge is -2.14. The molecular weight excluding hydrogens is 396 g/mol. The highest BCUT2D eigenvalue weighted by Crippen LogP contribution is 2.38. The molecule has 10 nitrogen and oxygen atoms in total. The van der Waals surface area contributed by atoms with Crippen LogP contribution in [0.3, 0.4) is 0 Å². The maximum absolute atomic E-state index is 12.8. The highest BCUT2D eigenvalue weighted by Gasteiger charge is 2.23. The molecule has 0 saturated heterocycles. The van der Waals surface area contributed by atoms with Gasteiger partial charge in [-0.25, -0.2) is 8.42 Å². The first-order valence-corrected chi connectivity index (χ1v) is 8.88. The molecule has 0 atom stereocenters. The lowest BCUT2D eigenvalue weighted by molar-refractivity contribution is 0.366. The summed E-state index contributed by atoms with van der Waals surface area (Å²) in [6.07, 6.45) is 0.